The number of ether oxygens (including phenoxy) is 1. The molecule has 0 radical (unpaired) electrons. The molecule has 0 aliphatic rings. The fourth-order valence-electron chi connectivity index (χ4n) is 2.17. The van der Waals surface area contributed by atoms with Crippen LogP contribution in [0.1, 0.15) is 35.8 Å². The molecular weight excluding hydrogens is 365 g/mol. The van der Waals surface area contributed by atoms with Gasteiger partial charge < -0.3 is 30.0 Å². The van der Waals surface area contributed by atoms with Gasteiger partial charge in [-0.1, -0.05) is 12.1 Å². The molecule has 136 valence electrons. The van der Waals surface area contributed by atoms with E-state index in [4.69, 9.17) is 9.94 Å². The monoisotopic (exact) mass is 385 g/mol. The van der Waals surface area contributed by atoms with E-state index in [2.05, 4.69) is 5.16 Å². The number of carbonyl (C=O) groups excluding carboxylic acids is 1. The number of oxime groups is 1. The van der Waals surface area contributed by atoms with Crippen molar-refractivity contribution in [2.24, 2.45) is 5.16 Å². The molecule has 6 nitrogen and oxygen atoms in total. The molecule has 25 heavy (non-hydrogen) atoms. The van der Waals surface area contributed by atoms with Crippen LogP contribution in [-0.4, -0.2) is 17.2 Å². The molecule has 8 heteroatoms. The van der Waals surface area contributed by atoms with Crippen LogP contribution in [0.25, 0.3) is 0 Å². The highest BCUT2D eigenvalue weighted by molar-refractivity contribution is 5.95. The molecule has 0 aliphatic carbocycles. The van der Waals surface area contributed by atoms with E-state index in [1.807, 2.05) is 58.8 Å². The summed E-state index contributed by atoms with van der Waals surface area (Å²) in [7, 11) is 0. The first-order valence-electron chi connectivity index (χ1n) is 7.50. The third-order valence-electron chi connectivity index (χ3n) is 3.29. The smallest absolute Gasteiger partial charge is 0.258 e. The molecular formula is C17H21Cl2N3O3. The Morgan fingerprint density at radius 3 is 2.72 bits per heavy atom. The minimum Gasteiger partial charge on any atom is -1.00 e. The van der Waals surface area contributed by atoms with Crippen molar-refractivity contribution in [3.63, 3.8) is 0 Å². The van der Waals surface area contributed by atoms with Crippen LogP contribution in [0.4, 0.5) is 0 Å². The number of ketones is 1. The zero-order valence-corrected chi connectivity index (χ0v) is 15.4. The summed E-state index contributed by atoms with van der Waals surface area (Å²) in [6, 6.07) is 9.20. The fraction of sp³-hybridized carbons (Fsp3) is 0.294. The van der Waals surface area contributed by atoms with Gasteiger partial charge in [-0.05, 0) is 18.6 Å². The highest BCUT2D eigenvalue weighted by Crippen LogP contribution is 2.02. The van der Waals surface area contributed by atoms with Gasteiger partial charge in [0.2, 0.25) is 5.69 Å². The molecule has 0 amide bonds. The van der Waals surface area contributed by atoms with E-state index >= 15 is 0 Å². The first-order chi connectivity index (χ1) is 11.2. The molecule has 2 rings (SSSR count). The third kappa shape index (κ3) is 7.17. The molecule has 0 aliphatic heterocycles. The second-order valence-corrected chi connectivity index (χ2v) is 5.08. The average Bonchev–Trinajstić information content (AvgIpc) is 2.57. The minimum absolute atomic E-state index is 0. The topological polar surface area (TPSA) is 66.7 Å². The van der Waals surface area contributed by atoms with E-state index in [-0.39, 0.29) is 30.6 Å². The highest BCUT2D eigenvalue weighted by atomic mass is 35.5. The Bertz CT molecular complexity index is 696. The van der Waals surface area contributed by atoms with Gasteiger partial charge in [-0.3, -0.25) is 9.53 Å². The SMILES string of the molecule is CCCC(=O)c1ccc[n+](COC[n+]2ccccc2/C=N/O)c1.[Cl-].[Cl-]. The van der Waals surface area contributed by atoms with Crippen molar-refractivity contribution in [2.45, 2.75) is 33.2 Å². The normalized spacial score (nSPS) is 10.1. The summed E-state index contributed by atoms with van der Waals surface area (Å²) >= 11 is 0. The molecule has 1 N–H and O–H groups in total. The maximum atomic E-state index is 11.9. The zero-order chi connectivity index (χ0) is 16.5. The minimum atomic E-state index is 0. The van der Waals surface area contributed by atoms with Crippen molar-refractivity contribution in [2.75, 3.05) is 0 Å². The largest absolute Gasteiger partial charge is 1.00 e. The Kier molecular flexibility index (Phi) is 11.4. The lowest BCUT2D eigenvalue weighted by Crippen LogP contribution is -3.00. The van der Waals surface area contributed by atoms with E-state index in [0.717, 1.165) is 12.1 Å². The van der Waals surface area contributed by atoms with E-state index in [9.17, 15) is 4.79 Å². The molecule has 0 fully saturated rings. The van der Waals surface area contributed by atoms with Crippen LogP contribution in [0, 0.1) is 0 Å². The number of halogens is 2. The standard InChI is InChI=1S/C17H20N3O3.2ClH/c1-2-6-17(21)15-7-5-9-19(12-15)13-23-14-20-10-4-3-8-16(20)11-18-22;;/h3-5,7-12H,2,6,13-14H2,1H3;2*1H/q+1;;/p-1. The van der Waals surface area contributed by atoms with Gasteiger partial charge in [0.1, 0.15) is 6.21 Å². The van der Waals surface area contributed by atoms with E-state index in [1.54, 1.807) is 6.20 Å². The number of carbonyl (C=O) groups is 1. The lowest BCUT2D eigenvalue weighted by molar-refractivity contribution is -0.788. The van der Waals surface area contributed by atoms with Crippen molar-refractivity contribution in [1.29, 1.82) is 0 Å². The van der Waals surface area contributed by atoms with Crippen LogP contribution in [0.15, 0.2) is 54.1 Å². The zero-order valence-electron chi connectivity index (χ0n) is 13.9. The first-order valence-corrected chi connectivity index (χ1v) is 7.50. The number of hydrogen-bond acceptors (Lipinski definition) is 4. The van der Waals surface area contributed by atoms with Gasteiger partial charge in [-0.25, -0.2) is 0 Å². The Labute approximate surface area is 159 Å². The number of pyridine rings is 2. The van der Waals surface area contributed by atoms with Crippen molar-refractivity contribution in [1.82, 2.24) is 0 Å². The van der Waals surface area contributed by atoms with Crippen molar-refractivity contribution in [3.05, 3.63) is 60.2 Å². The van der Waals surface area contributed by atoms with Gasteiger partial charge in [-0.15, -0.1) is 0 Å². The second-order valence-electron chi connectivity index (χ2n) is 5.08. The molecule has 0 unspecified atom stereocenters. The summed E-state index contributed by atoms with van der Waals surface area (Å²) < 4.78 is 9.30. The van der Waals surface area contributed by atoms with Crippen molar-refractivity contribution >= 4 is 12.0 Å². The van der Waals surface area contributed by atoms with Gasteiger partial charge >= 0.3 is 0 Å². The molecule has 0 saturated carbocycles. The Morgan fingerprint density at radius 2 is 2.00 bits per heavy atom. The molecule has 0 saturated heterocycles. The van der Waals surface area contributed by atoms with Crippen LogP contribution in [0.2, 0.25) is 0 Å². The molecule has 0 aromatic carbocycles. The van der Waals surface area contributed by atoms with Crippen LogP contribution in [-0.2, 0) is 18.2 Å². The van der Waals surface area contributed by atoms with Gasteiger partial charge in [0.15, 0.2) is 24.4 Å². The first kappa shape index (κ1) is 23.0. The lowest BCUT2D eigenvalue weighted by atomic mass is 10.1. The molecule has 0 atom stereocenters. The number of hydrogen-bond donors (Lipinski definition) is 1. The Hall–Kier alpha value is -2.02. The van der Waals surface area contributed by atoms with Crippen LogP contribution < -0.4 is 33.9 Å². The van der Waals surface area contributed by atoms with Crippen molar-refractivity contribution in [3.8, 4) is 0 Å². The second kappa shape index (κ2) is 12.4. The van der Waals surface area contributed by atoms with E-state index < -0.39 is 0 Å². The predicted molar refractivity (Wildman–Crippen MR) is 83.0 cm³/mol. The summed E-state index contributed by atoms with van der Waals surface area (Å²) in [6.45, 7) is 2.62. The maximum Gasteiger partial charge on any atom is 0.258 e. The lowest BCUT2D eigenvalue weighted by Gasteiger charge is -2.01. The summed E-state index contributed by atoms with van der Waals surface area (Å²) in [6.07, 6.45) is 8.22. The molecule has 0 bridgehead atoms. The Balaban J connectivity index is 0.00000288. The van der Waals surface area contributed by atoms with Crippen LogP contribution in [0.3, 0.4) is 0 Å². The van der Waals surface area contributed by atoms with Crippen LogP contribution >= 0.6 is 0 Å². The van der Waals surface area contributed by atoms with Gasteiger partial charge in [0.25, 0.3) is 13.5 Å². The van der Waals surface area contributed by atoms with Gasteiger partial charge in [0.05, 0.1) is 5.56 Å². The summed E-state index contributed by atoms with van der Waals surface area (Å²) in [5, 5.41) is 11.7. The van der Waals surface area contributed by atoms with Gasteiger partial charge in [-0.2, -0.15) is 9.13 Å². The summed E-state index contributed by atoms with van der Waals surface area (Å²) in [4.78, 5) is 11.9. The molecule has 2 aromatic heterocycles. The molecule has 0 spiro atoms. The third-order valence-corrected chi connectivity index (χ3v) is 3.29. The van der Waals surface area contributed by atoms with E-state index in [0.29, 0.717) is 25.4 Å². The quantitative estimate of drug-likeness (QED) is 0.164. The number of aromatic nitrogens is 2. The van der Waals surface area contributed by atoms with Gasteiger partial charge in [0, 0.05) is 24.6 Å². The highest BCUT2D eigenvalue weighted by Gasteiger charge is 2.12. The predicted octanol–water partition coefficient (Wildman–Crippen LogP) is -4.31. The number of nitrogens with zero attached hydrogens (tertiary/aromatic N) is 3. The Morgan fingerprint density at radius 1 is 1.20 bits per heavy atom. The summed E-state index contributed by atoms with van der Waals surface area (Å²) in [5.74, 6) is 0.140. The average molecular weight is 386 g/mol. The van der Waals surface area contributed by atoms with E-state index in [1.165, 1.54) is 6.21 Å². The molecule has 2 heterocycles. The fourth-order valence-corrected chi connectivity index (χ4v) is 2.17. The maximum absolute atomic E-state index is 11.9. The summed E-state index contributed by atoms with van der Waals surface area (Å²) in [5.41, 5.74) is 1.42. The van der Waals surface area contributed by atoms with Crippen LogP contribution in [0.5, 0.6) is 0 Å². The number of Topliss-reactive ketones (excluding diaryl/α,β-unsaturated/α-hetero) is 1. The number of rotatable bonds is 8. The van der Waals surface area contributed by atoms with Crippen molar-refractivity contribution < 1.29 is 48.7 Å². The molecule has 2 aromatic rings.